The number of halogens is 1. The van der Waals surface area contributed by atoms with Crippen molar-refractivity contribution in [2.24, 2.45) is 16.1 Å². The van der Waals surface area contributed by atoms with Crippen LogP contribution in [0.4, 0.5) is 5.69 Å². The molecule has 1 fully saturated rings. The van der Waals surface area contributed by atoms with Gasteiger partial charge in [-0.3, -0.25) is 4.31 Å². The zero-order valence-electron chi connectivity index (χ0n) is 17.0. The number of sulfonamides is 1. The van der Waals surface area contributed by atoms with Gasteiger partial charge in [0.15, 0.2) is 0 Å². The monoisotopic (exact) mass is 438 g/mol. The van der Waals surface area contributed by atoms with E-state index in [-0.39, 0.29) is 18.6 Å². The first-order valence-corrected chi connectivity index (χ1v) is 12.3. The first kappa shape index (κ1) is 20.6. The van der Waals surface area contributed by atoms with Crippen LogP contribution in [0, 0.1) is 5.92 Å². The third-order valence-corrected chi connectivity index (χ3v) is 7.07. The Labute approximate surface area is 176 Å². The van der Waals surface area contributed by atoms with Crippen molar-refractivity contribution in [3.8, 4) is 0 Å². The van der Waals surface area contributed by atoms with Crippen molar-refractivity contribution in [1.29, 1.82) is 0 Å². The van der Waals surface area contributed by atoms with Gasteiger partial charge in [0.1, 0.15) is 0 Å². The number of H-pyrrole nitrogens is 1. The molecule has 29 heavy (non-hydrogen) atoms. The van der Waals surface area contributed by atoms with Crippen LogP contribution < -0.4 is 15.0 Å². The number of hydrogen-bond donors (Lipinski definition) is 1. The van der Waals surface area contributed by atoms with Gasteiger partial charge in [0.25, 0.3) is 0 Å². The molecule has 0 amide bonds. The van der Waals surface area contributed by atoms with E-state index in [1.807, 2.05) is 0 Å². The Hall–Kier alpha value is -1.64. The van der Waals surface area contributed by atoms with Crippen molar-refractivity contribution in [2.75, 3.05) is 17.1 Å². The van der Waals surface area contributed by atoms with Gasteiger partial charge in [-0.1, -0.05) is 11.6 Å². The lowest BCUT2D eigenvalue weighted by Gasteiger charge is -2.30. The predicted octanol–water partition coefficient (Wildman–Crippen LogP) is 2.76. The molecule has 0 atom stereocenters. The van der Waals surface area contributed by atoms with Crippen molar-refractivity contribution in [2.45, 2.75) is 58.3 Å². The number of rotatable bonds is 4. The summed E-state index contributed by atoms with van der Waals surface area (Å²) in [6.45, 7) is 4.69. The summed E-state index contributed by atoms with van der Waals surface area (Å²) < 4.78 is 32.3. The number of nitrogens with zero attached hydrogens (tertiary/aromatic N) is 3. The molecular formula is C20H27ClN4O3S. The molecule has 1 aromatic rings. The van der Waals surface area contributed by atoms with Gasteiger partial charge in [-0.2, -0.15) is 10.2 Å². The van der Waals surface area contributed by atoms with E-state index in [1.165, 1.54) is 10.6 Å². The van der Waals surface area contributed by atoms with Gasteiger partial charge >= 0.3 is 0 Å². The van der Waals surface area contributed by atoms with Crippen LogP contribution in [0.25, 0.3) is 11.8 Å². The predicted molar refractivity (Wildman–Crippen MR) is 115 cm³/mol. The standard InChI is InChI=1S/C20H27ClN4O3S/c1-12(2)28-15-6-4-13(5-7-15)18-19-16(11-22-24-18)20-17(23-19)10-14(21)8-9-25(20)29(3,26)27/h8,10,12-13,15,23H,4-7,9,11H2,1-3H3/t13-,15-. The first-order valence-electron chi connectivity index (χ1n) is 10.1. The maximum atomic E-state index is 12.5. The van der Waals surface area contributed by atoms with Crippen molar-refractivity contribution >= 4 is 39.1 Å². The summed E-state index contributed by atoms with van der Waals surface area (Å²) >= 11 is 6.27. The number of hydrogen-bond acceptors (Lipinski definition) is 5. The van der Waals surface area contributed by atoms with Crippen LogP contribution in [0.3, 0.4) is 0 Å². The van der Waals surface area contributed by atoms with Crippen molar-refractivity contribution in [3.05, 3.63) is 27.4 Å². The van der Waals surface area contributed by atoms with Gasteiger partial charge in [0.05, 0.1) is 53.6 Å². The van der Waals surface area contributed by atoms with E-state index in [0.29, 0.717) is 28.7 Å². The second-order valence-electron chi connectivity index (χ2n) is 8.21. The van der Waals surface area contributed by atoms with E-state index in [1.54, 1.807) is 12.2 Å². The summed E-state index contributed by atoms with van der Waals surface area (Å²) in [7, 11) is -3.46. The van der Waals surface area contributed by atoms with Gasteiger partial charge in [-0.15, -0.1) is 0 Å². The molecule has 1 N–H and O–H groups in total. The summed E-state index contributed by atoms with van der Waals surface area (Å²) in [5.41, 5.74) is 2.44. The third-order valence-electron chi connectivity index (χ3n) is 5.68. The summed E-state index contributed by atoms with van der Waals surface area (Å²) in [6, 6.07) is 0. The molecule has 2 aliphatic heterocycles. The average Bonchev–Trinajstić information content (AvgIpc) is 2.89. The van der Waals surface area contributed by atoms with Gasteiger partial charge in [-0.05, 0) is 51.7 Å². The van der Waals surface area contributed by atoms with E-state index < -0.39 is 10.0 Å². The van der Waals surface area contributed by atoms with E-state index >= 15 is 0 Å². The molecule has 1 aliphatic carbocycles. The van der Waals surface area contributed by atoms with E-state index in [2.05, 4.69) is 29.1 Å². The fourth-order valence-electron chi connectivity index (χ4n) is 4.45. The summed E-state index contributed by atoms with van der Waals surface area (Å²) in [4.78, 5) is 3.41. The maximum Gasteiger partial charge on any atom is 0.232 e. The quantitative estimate of drug-likeness (QED) is 0.784. The minimum absolute atomic E-state index is 0.204. The number of fused-ring (bicyclic) bond motifs is 3. The highest BCUT2D eigenvalue weighted by Gasteiger charge is 2.31. The lowest BCUT2D eigenvalue weighted by atomic mass is 9.84. The molecule has 0 unspecified atom stereocenters. The molecule has 0 aromatic carbocycles. The molecule has 7 nitrogen and oxygen atoms in total. The molecule has 1 saturated carbocycles. The van der Waals surface area contributed by atoms with E-state index in [9.17, 15) is 8.42 Å². The molecule has 3 heterocycles. The van der Waals surface area contributed by atoms with Crippen LogP contribution in [0.1, 0.15) is 45.1 Å². The number of allylic oxidation sites excluding steroid dienone is 1. The van der Waals surface area contributed by atoms with Crippen LogP contribution in [0.2, 0.25) is 0 Å². The van der Waals surface area contributed by atoms with Gasteiger partial charge in [-0.25, -0.2) is 8.42 Å². The minimum Gasteiger partial charge on any atom is -0.376 e. The van der Waals surface area contributed by atoms with E-state index in [4.69, 9.17) is 16.3 Å². The zero-order chi connectivity index (χ0) is 20.8. The molecule has 9 heteroatoms. The van der Waals surface area contributed by atoms with Crippen LogP contribution in [-0.4, -0.2) is 38.4 Å². The molecule has 0 saturated heterocycles. The zero-order valence-corrected chi connectivity index (χ0v) is 18.6. The molecule has 0 spiro atoms. The van der Waals surface area contributed by atoms with Gasteiger partial charge in [0, 0.05) is 16.5 Å². The first-order chi connectivity index (χ1) is 13.7. The second-order valence-corrected chi connectivity index (χ2v) is 10.6. The fraction of sp³-hybridized carbons (Fsp3) is 0.600. The Morgan fingerprint density at radius 3 is 2.66 bits per heavy atom. The van der Waals surface area contributed by atoms with Gasteiger partial charge in [0.2, 0.25) is 10.0 Å². The summed E-state index contributed by atoms with van der Waals surface area (Å²) in [5, 5.41) is 10.9. The third kappa shape index (κ3) is 4.15. The number of azo groups is 1. The molecule has 3 aliphatic rings. The van der Waals surface area contributed by atoms with Crippen molar-refractivity contribution in [1.82, 2.24) is 4.98 Å². The van der Waals surface area contributed by atoms with Crippen LogP contribution >= 0.6 is 11.6 Å². The van der Waals surface area contributed by atoms with Crippen LogP contribution in [0.15, 0.2) is 21.3 Å². The molecule has 0 radical (unpaired) electrons. The van der Waals surface area contributed by atoms with Crippen LogP contribution in [0.5, 0.6) is 0 Å². The summed E-state index contributed by atoms with van der Waals surface area (Å²) in [5.74, 6) is 0.282. The van der Waals surface area contributed by atoms with Gasteiger partial charge < -0.3 is 9.72 Å². The Morgan fingerprint density at radius 2 is 2.00 bits per heavy atom. The molecule has 158 valence electrons. The second kappa shape index (κ2) is 7.89. The average molecular weight is 439 g/mol. The number of aromatic nitrogens is 1. The Bertz CT molecular complexity index is 1080. The number of ether oxygens (including phenoxy) is 1. The summed E-state index contributed by atoms with van der Waals surface area (Å²) in [6.07, 6.45) is 9.18. The number of anilines is 1. The lowest BCUT2D eigenvalue weighted by molar-refractivity contribution is -0.0161. The lowest BCUT2D eigenvalue weighted by Crippen LogP contribution is -2.33. The number of aromatic amines is 1. The highest BCUT2D eigenvalue weighted by molar-refractivity contribution is 7.92. The Kier molecular flexibility index (Phi) is 5.61. The highest BCUT2D eigenvalue weighted by atomic mass is 35.5. The maximum absolute atomic E-state index is 12.5. The Balaban J connectivity index is 1.77. The minimum atomic E-state index is -3.46. The number of nitrogens with one attached hydrogen (secondary N) is 1. The largest absolute Gasteiger partial charge is 0.376 e. The molecule has 4 rings (SSSR count). The fourth-order valence-corrected chi connectivity index (χ4v) is 5.51. The molecular weight excluding hydrogens is 412 g/mol. The Morgan fingerprint density at radius 1 is 1.28 bits per heavy atom. The topological polar surface area (TPSA) is 87.1 Å². The van der Waals surface area contributed by atoms with E-state index in [0.717, 1.165) is 42.3 Å². The van der Waals surface area contributed by atoms with Crippen LogP contribution in [-0.2, 0) is 21.3 Å². The van der Waals surface area contributed by atoms with Crippen molar-refractivity contribution < 1.29 is 13.2 Å². The van der Waals surface area contributed by atoms with Crippen molar-refractivity contribution in [3.63, 3.8) is 0 Å². The SMILES string of the molecule is CC(C)O[C@H]1CC[C@H](C2=c3[nH]c4c(c3CN=N2)N(S(C)(=O)=O)CC=C(Cl)C=4)CC1. The smallest absolute Gasteiger partial charge is 0.232 e. The molecule has 0 bridgehead atoms. The normalized spacial score (nSPS) is 24.7. The molecule has 1 aromatic heterocycles. The highest BCUT2D eigenvalue weighted by Crippen LogP contribution is 2.34.